The molecule has 0 heterocycles. The third-order valence-corrected chi connectivity index (χ3v) is 1.89. The van der Waals surface area contributed by atoms with Gasteiger partial charge in [-0.25, -0.2) is 0 Å². The van der Waals surface area contributed by atoms with Crippen LogP contribution in [0.15, 0.2) is 18.2 Å². The molecule has 0 radical (unpaired) electrons. The average molecular weight is 246 g/mol. The Bertz CT molecular complexity index is 305. The van der Waals surface area contributed by atoms with E-state index in [1.165, 1.54) is 0 Å². The Hall–Kier alpha value is -1.09. The Morgan fingerprint density at radius 1 is 1.00 bits per heavy atom. The van der Waals surface area contributed by atoms with Gasteiger partial charge in [-0.2, -0.15) is 0 Å². The van der Waals surface area contributed by atoms with Crippen LogP contribution in [-0.2, 0) is 0 Å². The van der Waals surface area contributed by atoms with Crippen molar-refractivity contribution in [2.75, 3.05) is 18.9 Å². The third kappa shape index (κ3) is 4.62. The highest BCUT2D eigenvalue weighted by molar-refractivity contribution is 5.85. The van der Waals surface area contributed by atoms with Crippen molar-refractivity contribution >= 4 is 18.1 Å². The van der Waals surface area contributed by atoms with Gasteiger partial charge >= 0.3 is 0 Å². The largest absolute Gasteiger partial charge is 0.490 e. The first-order valence-electron chi connectivity index (χ1n) is 5.43. The van der Waals surface area contributed by atoms with Gasteiger partial charge < -0.3 is 15.2 Å². The molecule has 92 valence electrons. The first-order chi connectivity index (χ1) is 7.27. The highest BCUT2D eigenvalue weighted by Crippen LogP contribution is 2.29. The van der Waals surface area contributed by atoms with E-state index >= 15 is 0 Å². The molecule has 0 aliphatic rings. The topological polar surface area (TPSA) is 44.5 Å². The summed E-state index contributed by atoms with van der Waals surface area (Å²) in [5.41, 5.74) is 6.39. The maximum absolute atomic E-state index is 5.69. The molecule has 16 heavy (non-hydrogen) atoms. The van der Waals surface area contributed by atoms with Gasteiger partial charge in [0.05, 0.1) is 13.2 Å². The highest BCUT2D eigenvalue weighted by Gasteiger charge is 2.04. The Morgan fingerprint density at radius 2 is 1.56 bits per heavy atom. The first-order valence-corrected chi connectivity index (χ1v) is 5.43. The molecular formula is C12H20ClNO2. The van der Waals surface area contributed by atoms with Crippen LogP contribution in [-0.4, -0.2) is 13.2 Å². The summed E-state index contributed by atoms with van der Waals surface area (Å²) in [5, 5.41) is 0. The molecule has 0 saturated heterocycles. The summed E-state index contributed by atoms with van der Waals surface area (Å²) in [5.74, 6) is 1.52. The minimum Gasteiger partial charge on any atom is -0.490 e. The summed E-state index contributed by atoms with van der Waals surface area (Å²) in [6.45, 7) is 5.53. The van der Waals surface area contributed by atoms with E-state index in [1.54, 1.807) is 6.07 Å². The van der Waals surface area contributed by atoms with Crippen LogP contribution < -0.4 is 15.2 Å². The third-order valence-electron chi connectivity index (χ3n) is 1.89. The van der Waals surface area contributed by atoms with Crippen molar-refractivity contribution in [3.63, 3.8) is 0 Å². The van der Waals surface area contributed by atoms with Crippen LogP contribution in [0.5, 0.6) is 11.5 Å². The Labute approximate surface area is 103 Å². The van der Waals surface area contributed by atoms with Gasteiger partial charge in [0.2, 0.25) is 0 Å². The van der Waals surface area contributed by atoms with Crippen molar-refractivity contribution in [3.05, 3.63) is 18.2 Å². The van der Waals surface area contributed by atoms with Crippen molar-refractivity contribution in [1.82, 2.24) is 0 Å². The lowest BCUT2D eigenvalue weighted by atomic mass is 10.3. The van der Waals surface area contributed by atoms with Gasteiger partial charge in [-0.15, -0.1) is 12.4 Å². The summed E-state index contributed by atoms with van der Waals surface area (Å²) >= 11 is 0. The van der Waals surface area contributed by atoms with Gasteiger partial charge in [0.1, 0.15) is 0 Å². The molecule has 1 rings (SSSR count). The van der Waals surface area contributed by atoms with Crippen LogP contribution in [0.3, 0.4) is 0 Å². The van der Waals surface area contributed by atoms with Crippen molar-refractivity contribution in [3.8, 4) is 11.5 Å². The van der Waals surface area contributed by atoms with Crippen LogP contribution in [0.25, 0.3) is 0 Å². The average Bonchev–Trinajstić information content (AvgIpc) is 2.25. The Balaban J connectivity index is 0.00000225. The van der Waals surface area contributed by atoms with E-state index in [4.69, 9.17) is 15.2 Å². The Morgan fingerprint density at radius 3 is 2.12 bits per heavy atom. The standard InChI is InChI=1S/C12H19NO2.ClH/c1-3-7-14-11-6-5-10(13)9-12(11)15-8-4-2;/h5-6,9H,3-4,7-8,13H2,1-2H3;1H. The number of halogens is 1. The van der Waals surface area contributed by atoms with E-state index in [1.807, 2.05) is 12.1 Å². The zero-order chi connectivity index (χ0) is 11.1. The molecule has 0 atom stereocenters. The van der Waals surface area contributed by atoms with E-state index in [0.717, 1.165) is 24.3 Å². The predicted octanol–water partition coefficient (Wildman–Crippen LogP) is 3.27. The van der Waals surface area contributed by atoms with Gasteiger partial charge in [0.15, 0.2) is 11.5 Å². The van der Waals surface area contributed by atoms with Gasteiger partial charge in [-0.05, 0) is 25.0 Å². The Kier molecular flexibility index (Phi) is 7.56. The van der Waals surface area contributed by atoms with Crippen LogP contribution in [0.2, 0.25) is 0 Å². The van der Waals surface area contributed by atoms with E-state index < -0.39 is 0 Å². The zero-order valence-corrected chi connectivity index (χ0v) is 10.7. The van der Waals surface area contributed by atoms with Gasteiger partial charge in [-0.1, -0.05) is 13.8 Å². The van der Waals surface area contributed by atoms with Gasteiger partial charge in [0.25, 0.3) is 0 Å². The highest BCUT2D eigenvalue weighted by atomic mass is 35.5. The molecule has 0 unspecified atom stereocenters. The van der Waals surface area contributed by atoms with Crippen LogP contribution in [0.1, 0.15) is 26.7 Å². The first kappa shape index (κ1) is 14.9. The molecule has 2 N–H and O–H groups in total. The van der Waals surface area contributed by atoms with E-state index in [9.17, 15) is 0 Å². The number of nitrogens with two attached hydrogens (primary N) is 1. The number of anilines is 1. The molecule has 1 aromatic rings. The van der Waals surface area contributed by atoms with Crippen molar-refractivity contribution < 1.29 is 9.47 Å². The second-order valence-electron chi connectivity index (χ2n) is 3.40. The number of nitrogen functional groups attached to an aromatic ring is 1. The molecule has 0 aliphatic carbocycles. The maximum Gasteiger partial charge on any atom is 0.163 e. The molecule has 0 aromatic heterocycles. The minimum absolute atomic E-state index is 0. The van der Waals surface area contributed by atoms with Crippen LogP contribution in [0, 0.1) is 0 Å². The fourth-order valence-electron chi connectivity index (χ4n) is 1.18. The number of benzene rings is 1. The quantitative estimate of drug-likeness (QED) is 0.783. The predicted molar refractivity (Wildman–Crippen MR) is 69.7 cm³/mol. The lowest BCUT2D eigenvalue weighted by Crippen LogP contribution is -2.01. The second-order valence-corrected chi connectivity index (χ2v) is 3.40. The number of hydrogen-bond donors (Lipinski definition) is 1. The molecule has 0 aliphatic heterocycles. The SMILES string of the molecule is CCCOc1ccc(N)cc1OCCC.Cl. The molecular weight excluding hydrogens is 226 g/mol. The molecule has 3 nitrogen and oxygen atoms in total. The molecule has 0 fully saturated rings. The van der Waals surface area contributed by atoms with Crippen molar-refractivity contribution in [1.29, 1.82) is 0 Å². The number of ether oxygens (including phenoxy) is 2. The molecule has 0 spiro atoms. The lowest BCUT2D eigenvalue weighted by Gasteiger charge is -2.12. The summed E-state index contributed by atoms with van der Waals surface area (Å²) in [7, 11) is 0. The van der Waals surface area contributed by atoms with Gasteiger partial charge in [0, 0.05) is 11.8 Å². The molecule has 4 heteroatoms. The van der Waals surface area contributed by atoms with Crippen LogP contribution in [0.4, 0.5) is 5.69 Å². The fraction of sp³-hybridized carbons (Fsp3) is 0.500. The summed E-state index contributed by atoms with van der Waals surface area (Å²) in [6.07, 6.45) is 1.96. The summed E-state index contributed by atoms with van der Waals surface area (Å²) < 4.78 is 11.1. The van der Waals surface area contributed by atoms with E-state index in [-0.39, 0.29) is 12.4 Å². The second kappa shape index (κ2) is 8.11. The molecule has 1 aromatic carbocycles. The maximum atomic E-state index is 5.69. The van der Waals surface area contributed by atoms with E-state index in [2.05, 4.69) is 13.8 Å². The number of hydrogen-bond acceptors (Lipinski definition) is 3. The molecule has 0 bridgehead atoms. The number of rotatable bonds is 6. The van der Waals surface area contributed by atoms with E-state index in [0.29, 0.717) is 18.9 Å². The fourth-order valence-corrected chi connectivity index (χ4v) is 1.18. The molecule has 0 saturated carbocycles. The van der Waals surface area contributed by atoms with Gasteiger partial charge in [-0.3, -0.25) is 0 Å². The van der Waals surface area contributed by atoms with Crippen molar-refractivity contribution in [2.45, 2.75) is 26.7 Å². The van der Waals surface area contributed by atoms with Crippen molar-refractivity contribution in [2.24, 2.45) is 0 Å². The monoisotopic (exact) mass is 245 g/mol. The zero-order valence-electron chi connectivity index (χ0n) is 9.86. The van der Waals surface area contributed by atoms with Crippen LogP contribution >= 0.6 is 12.4 Å². The normalized spacial score (nSPS) is 9.38. The summed E-state index contributed by atoms with van der Waals surface area (Å²) in [6, 6.07) is 5.49. The molecule has 0 amide bonds. The smallest absolute Gasteiger partial charge is 0.163 e. The minimum atomic E-state index is 0. The lowest BCUT2D eigenvalue weighted by molar-refractivity contribution is 0.268. The summed E-state index contributed by atoms with van der Waals surface area (Å²) in [4.78, 5) is 0.